The van der Waals surface area contributed by atoms with Crippen molar-refractivity contribution < 1.29 is 27.5 Å². The predicted molar refractivity (Wildman–Crippen MR) is 114 cm³/mol. The number of hydrogen-bond donors (Lipinski definition) is 2. The van der Waals surface area contributed by atoms with E-state index >= 15 is 0 Å². The van der Waals surface area contributed by atoms with Crippen LogP contribution in [0.25, 0.3) is 0 Å². The average molecular weight is 448 g/mol. The zero-order valence-electron chi connectivity index (χ0n) is 17.5. The van der Waals surface area contributed by atoms with Crippen LogP contribution >= 0.6 is 0 Å². The number of hydrogen-bond acceptors (Lipinski definition) is 6. The van der Waals surface area contributed by atoms with Gasteiger partial charge in [0.15, 0.2) is 0 Å². The third-order valence-corrected chi connectivity index (χ3v) is 6.83. The van der Waals surface area contributed by atoms with E-state index in [0.717, 1.165) is 9.87 Å². The molecule has 9 nitrogen and oxygen atoms in total. The van der Waals surface area contributed by atoms with Crippen LogP contribution in [0.15, 0.2) is 47.4 Å². The van der Waals surface area contributed by atoms with Gasteiger partial charge in [0.2, 0.25) is 15.9 Å². The molecule has 1 aliphatic rings. The lowest BCUT2D eigenvalue weighted by Crippen LogP contribution is -2.49. The molecule has 1 heterocycles. The largest absolute Gasteiger partial charge is 0.497 e. The van der Waals surface area contributed by atoms with Crippen LogP contribution < -0.4 is 20.1 Å². The molecule has 3 rings (SSSR count). The van der Waals surface area contributed by atoms with E-state index in [2.05, 4.69) is 10.6 Å². The number of nitrogens with zero attached hydrogens (tertiary/aromatic N) is 1. The maximum absolute atomic E-state index is 12.9. The Morgan fingerprint density at radius 2 is 1.94 bits per heavy atom. The second kappa shape index (κ2) is 9.36. The molecule has 1 atom stereocenters. The van der Waals surface area contributed by atoms with E-state index in [1.807, 2.05) is 0 Å². The Labute approximate surface area is 181 Å². The second-order valence-corrected chi connectivity index (χ2v) is 8.96. The maximum atomic E-state index is 12.9. The van der Waals surface area contributed by atoms with Gasteiger partial charge >= 0.3 is 0 Å². The molecule has 0 spiro atoms. The van der Waals surface area contributed by atoms with Crippen LogP contribution in [0.4, 0.5) is 0 Å². The van der Waals surface area contributed by atoms with Gasteiger partial charge in [-0.2, -0.15) is 4.31 Å². The third kappa shape index (κ3) is 4.97. The molecule has 2 amide bonds. The lowest BCUT2D eigenvalue weighted by molar-refractivity contribution is -0.122. The van der Waals surface area contributed by atoms with Gasteiger partial charge in [0, 0.05) is 24.2 Å². The van der Waals surface area contributed by atoms with Crippen LogP contribution in [0.5, 0.6) is 11.5 Å². The molecule has 2 aromatic rings. The minimum Gasteiger partial charge on any atom is -0.497 e. The fourth-order valence-corrected chi connectivity index (χ4v) is 4.75. The van der Waals surface area contributed by atoms with Crippen molar-refractivity contribution in [3.8, 4) is 11.5 Å². The first-order valence-electron chi connectivity index (χ1n) is 9.66. The van der Waals surface area contributed by atoms with Gasteiger partial charge in [-0.3, -0.25) is 9.59 Å². The van der Waals surface area contributed by atoms with Crippen molar-refractivity contribution in [2.45, 2.75) is 17.9 Å². The highest BCUT2D eigenvalue weighted by molar-refractivity contribution is 7.89. The summed E-state index contributed by atoms with van der Waals surface area (Å²) in [6.45, 7) is 1.98. The molecular formula is C21H25N3O6S. The molecule has 0 bridgehead atoms. The molecule has 10 heteroatoms. The molecule has 1 unspecified atom stereocenters. The van der Waals surface area contributed by atoms with E-state index in [9.17, 15) is 18.0 Å². The van der Waals surface area contributed by atoms with Crippen molar-refractivity contribution in [2.24, 2.45) is 0 Å². The minimum absolute atomic E-state index is 0.0403. The Hall–Kier alpha value is -3.11. The van der Waals surface area contributed by atoms with Crippen LogP contribution in [0.1, 0.15) is 28.9 Å². The summed E-state index contributed by atoms with van der Waals surface area (Å²) in [7, 11) is -0.810. The Morgan fingerprint density at radius 3 is 2.61 bits per heavy atom. The van der Waals surface area contributed by atoms with E-state index < -0.39 is 22.0 Å². The summed E-state index contributed by atoms with van der Waals surface area (Å²) in [5.41, 5.74) is 0.912. The zero-order chi connectivity index (χ0) is 22.6. The van der Waals surface area contributed by atoms with Gasteiger partial charge in [-0.05, 0) is 43.3 Å². The van der Waals surface area contributed by atoms with E-state index in [1.165, 1.54) is 31.4 Å². The Bertz CT molecular complexity index is 1090. The van der Waals surface area contributed by atoms with Gasteiger partial charge in [-0.25, -0.2) is 8.42 Å². The smallest absolute Gasteiger partial charge is 0.251 e. The first kappa shape index (κ1) is 22.6. The number of sulfonamides is 1. The van der Waals surface area contributed by atoms with Gasteiger partial charge < -0.3 is 20.1 Å². The van der Waals surface area contributed by atoms with Crippen molar-refractivity contribution in [1.82, 2.24) is 14.9 Å². The van der Waals surface area contributed by atoms with Crippen molar-refractivity contribution >= 4 is 21.8 Å². The molecule has 31 heavy (non-hydrogen) atoms. The Kier molecular flexibility index (Phi) is 6.81. The first-order valence-corrected chi connectivity index (χ1v) is 11.1. The fourth-order valence-electron chi connectivity index (χ4n) is 3.30. The summed E-state index contributed by atoms with van der Waals surface area (Å²) in [5, 5.41) is 5.45. The number of methoxy groups -OCH3 is 2. The van der Waals surface area contributed by atoms with E-state index in [-0.39, 0.29) is 36.0 Å². The van der Waals surface area contributed by atoms with Crippen LogP contribution in [0, 0.1) is 0 Å². The number of benzene rings is 2. The van der Waals surface area contributed by atoms with Crippen molar-refractivity contribution in [3.63, 3.8) is 0 Å². The van der Waals surface area contributed by atoms with Gasteiger partial charge in [-0.15, -0.1) is 0 Å². The quantitative estimate of drug-likeness (QED) is 0.662. The predicted octanol–water partition coefficient (Wildman–Crippen LogP) is 1.32. The Morgan fingerprint density at radius 1 is 1.16 bits per heavy atom. The minimum atomic E-state index is -3.90. The number of piperazine rings is 1. The number of carbonyl (C=O) groups excluding carboxylic acids is 2. The normalized spacial score (nSPS) is 15.6. The standard InChI is InChI=1S/C21H25N3O6S/c1-14(18-12-16(29-2)7-8-19(18)30-3)23-21(26)15-5-4-6-17(11-15)31(27,28)24-10-9-22-20(25)13-24/h4-8,11-12,14H,9-10,13H2,1-3H3,(H,22,25)(H,23,26). The van der Waals surface area contributed by atoms with Gasteiger partial charge in [0.1, 0.15) is 11.5 Å². The molecular weight excluding hydrogens is 422 g/mol. The van der Waals surface area contributed by atoms with Crippen molar-refractivity contribution in [2.75, 3.05) is 33.9 Å². The van der Waals surface area contributed by atoms with Crippen LogP contribution in [0.2, 0.25) is 0 Å². The van der Waals surface area contributed by atoms with Gasteiger partial charge in [-0.1, -0.05) is 6.07 Å². The number of amides is 2. The van der Waals surface area contributed by atoms with Gasteiger partial charge in [0.05, 0.1) is 31.7 Å². The summed E-state index contributed by atoms with van der Waals surface area (Å²) >= 11 is 0. The molecule has 2 aromatic carbocycles. The Balaban J connectivity index is 1.81. The summed E-state index contributed by atoms with van der Waals surface area (Å²) in [6.07, 6.45) is 0. The summed E-state index contributed by atoms with van der Waals surface area (Å²) in [6, 6.07) is 10.6. The topological polar surface area (TPSA) is 114 Å². The van der Waals surface area contributed by atoms with E-state index in [1.54, 1.807) is 32.2 Å². The molecule has 166 valence electrons. The molecule has 0 radical (unpaired) electrons. The SMILES string of the molecule is COc1ccc(OC)c(C(C)NC(=O)c2cccc(S(=O)(=O)N3CCNC(=O)C3)c2)c1. The van der Waals surface area contributed by atoms with Crippen molar-refractivity contribution in [1.29, 1.82) is 0 Å². The second-order valence-electron chi connectivity index (χ2n) is 7.02. The summed E-state index contributed by atoms with van der Waals surface area (Å²) in [4.78, 5) is 24.4. The van der Waals surface area contributed by atoms with Crippen LogP contribution in [-0.2, 0) is 14.8 Å². The number of rotatable bonds is 7. The lowest BCUT2D eigenvalue weighted by atomic mass is 10.1. The molecule has 1 saturated heterocycles. The highest BCUT2D eigenvalue weighted by Crippen LogP contribution is 2.29. The van der Waals surface area contributed by atoms with Crippen molar-refractivity contribution in [3.05, 3.63) is 53.6 Å². The molecule has 0 saturated carbocycles. The molecule has 0 aliphatic carbocycles. The average Bonchev–Trinajstić information content (AvgIpc) is 2.78. The highest BCUT2D eigenvalue weighted by Gasteiger charge is 2.29. The maximum Gasteiger partial charge on any atom is 0.251 e. The van der Waals surface area contributed by atoms with Gasteiger partial charge in [0.25, 0.3) is 5.91 Å². The number of nitrogens with one attached hydrogen (secondary N) is 2. The number of carbonyl (C=O) groups is 2. The molecule has 2 N–H and O–H groups in total. The summed E-state index contributed by atoms with van der Waals surface area (Å²) < 4.78 is 37.5. The number of ether oxygens (including phenoxy) is 2. The monoisotopic (exact) mass is 447 g/mol. The zero-order valence-corrected chi connectivity index (χ0v) is 18.4. The van der Waals surface area contributed by atoms with E-state index in [4.69, 9.17) is 9.47 Å². The molecule has 1 fully saturated rings. The third-order valence-electron chi connectivity index (χ3n) is 4.99. The highest BCUT2D eigenvalue weighted by atomic mass is 32.2. The lowest BCUT2D eigenvalue weighted by Gasteiger charge is -2.26. The van der Waals surface area contributed by atoms with Crippen LogP contribution in [-0.4, -0.2) is 58.4 Å². The first-order chi connectivity index (χ1) is 14.8. The van der Waals surface area contributed by atoms with Crippen LogP contribution in [0.3, 0.4) is 0 Å². The fraction of sp³-hybridized carbons (Fsp3) is 0.333. The summed E-state index contributed by atoms with van der Waals surface area (Å²) in [5.74, 6) is 0.416. The van der Waals surface area contributed by atoms with E-state index in [0.29, 0.717) is 11.5 Å². The molecule has 0 aromatic heterocycles. The molecule has 1 aliphatic heterocycles.